The molecule has 1 heterocycles. The molecule has 2 N–H and O–H groups in total. The van der Waals surface area contributed by atoms with E-state index in [1.165, 1.54) is 0 Å². The highest BCUT2D eigenvalue weighted by atomic mass is 16.2. The average molecular weight is 207 g/mol. The number of hydrogen-bond acceptors (Lipinski definition) is 3. The molecule has 0 spiro atoms. The van der Waals surface area contributed by atoms with Crippen LogP contribution in [-0.2, 0) is 11.3 Å². The van der Waals surface area contributed by atoms with Gasteiger partial charge in [0.1, 0.15) is 0 Å². The molecule has 4 nitrogen and oxygen atoms in total. The highest BCUT2D eigenvalue weighted by molar-refractivity contribution is 5.76. The molecule has 1 rings (SSSR count). The SMILES string of the molecule is CC(N)CC(=O)N(C)Cc1ccccn1. The molecule has 1 atom stereocenters. The van der Waals surface area contributed by atoms with Crippen molar-refractivity contribution in [2.24, 2.45) is 5.73 Å². The van der Waals surface area contributed by atoms with E-state index in [1.54, 1.807) is 18.1 Å². The van der Waals surface area contributed by atoms with Crippen LogP contribution in [0.1, 0.15) is 19.0 Å². The summed E-state index contributed by atoms with van der Waals surface area (Å²) in [5.41, 5.74) is 6.45. The number of carbonyl (C=O) groups is 1. The van der Waals surface area contributed by atoms with Crippen LogP contribution >= 0.6 is 0 Å². The summed E-state index contributed by atoms with van der Waals surface area (Å²) in [5, 5.41) is 0. The molecule has 1 amide bonds. The Morgan fingerprint density at radius 1 is 1.60 bits per heavy atom. The van der Waals surface area contributed by atoms with Crippen LogP contribution in [0.25, 0.3) is 0 Å². The minimum Gasteiger partial charge on any atom is -0.340 e. The lowest BCUT2D eigenvalue weighted by molar-refractivity contribution is -0.130. The third-order valence-electron chi connectivity index (χ3n) is 2.05. The summed E-state index contributed by atoms with van der Waals surface area (Å²) in [6.45, 7) is 2.36. The highest BCUT2D eigenvalue weighted by Gasteiger charge is 2.11. The first-order valence-corrected chi connectivity index (χ1v) is 4.99. The van der Waals surface area contributed by atoms with Crippen molar-refractivity contribution in [1.82, 2.24) is 9.88 Å². The topological polar surface area (TPSA) is 59.2 Å². The van der Waals surface area contributed by atoms with Gasteiger partial charge in [-0.2, -0.15) is 0 Å². The third kappa shape index (κ3) is 4.08. The second-order valence-electron chi connectivity index (χ2n) is 3.75. The number of carbonyl (C=O) groups excluding carboxylic acids is 1. The van der Waals surface area contributed by atoms with Gasteiger partial charge in [-0.05, 0) is 19.1 Å². The van der Waals surface area contributed by atoms with Gasteiger partial charge in [0.15, 0.2) is 0 Å². The summed E-state index contributed by atoms with van der Waals surface area (Å²) in [6, 6.07) is 5.57. The molecule has 15 heavy (non-hydrogen) atoms. The van der Waals surface area contributed by atoms with E-state index in [2.05, 4.69) is 4.98 Å². The molecule has 0 saturated carbocycles. The first kappa shape index (κ1) is 11.7. The molecule has 82 valence electrons. The van der Waals surface area contributed by atoms with Gasteiger partial charge >= 0.3 is 0 Å². The van der Waals surface area contributed by atoms with Crippen molar-refractivity contribution in [2.75, 3.05) is 7.05 Å². The minimum atomic E-state index is -0.0938. The molecular formula is C11H17N3O. The predicted molar refractivity (Wildman–Crippen MR) is 59.0 cm³/mol. The van der Waals surface area contributed by atoms with Crippen LogP contribution in [0.5, 0.6) is 0 Å². The Labute approximate surface area is 90.1 Å². The lowest BCUT2D eigenvalue weighted by Gasteiger charge is -2.17. The Bertz CT molecular complexity index is 311. The quantitative estimate of drug-likeness (QED) is 0.793. The van der Waals surface area contributed by atoms with Crippen molar-refractivity contribution in [3.63, 3.8) is 0 Å². The molecule has 4 heteroatoms. The number of nitrogens with zero attached hydrogens (tertiary/aromatic N) is 2. The van der Waals surface area contributed by atoms with Gasteiger partial charge in [0, 0.05) is 25.7 Å². The molecule has 0 saturated heterocycles. The van der Waals surface area contributed by atoms with Crippen LogP contribution < -0.4 is 5.73 Å². The molecule has 0 aliphatic carbocycles. The summed E-state index contributed by atoms with van der Waals surface area (Å²) < 4.78 is 0. The summed E-state index contributed by atoms with van der Waals surface area (Å²) in [7, 11) is 1.76. The van der Waals surface area contributed by atoms with Crippen LogP contribution in [0.3, 0.4) is 0 Å². The van der Waals surface area contributed by atoms with Crippen LogP contribution in [0.4, 0.5) is 0 Å². The highest BCUT2D eigenvalue weighted by Crippen LogP contribution is 2.01. The van der Waals surface area contributed by atoms with E-state index in [0.29, 0.717) is 13.0 Å². The van der Waals surface area contributed by atoms with Crippen molar-refractivity contribution < 1.29 is 4.79 Å². The lowest BCUT2D eigenvalue weighted by Crippen LogP contribution is -2.31. The standard InChI is InChI=1S/C11H17N3O/c1-9(12)7-11(15)14(2)8-10-5-3-4-6-13-10/h3-6,9H,7-8,12H2,1-2H3. The number of hydrogen-bond donors (Lipinski definition) is 1. The van der Waals surface area contributed by atoms with Gasteiger partial charge in [-0.1, -0.05) is 6.07 Å². The Balaban J connectivity index is 2.49. The maximum Gasteiger partial charge on any atom is 0.224 e. The summed E-state index contributed by atoms with van der Waals surface area (Å²) in [5.74, 6) is 0.0515. The number of pyridine rings is 1. The van der Waals surface area contributed by atoms with E-state index in [1.807, 2.05) is 25.1 Å². The van der Waals surface area contributed by atoms with Crippen molar-refractivity contribution >= 4 is 5.91 Å². The van der Waals surface area contributed by atoms with Crippen molar-refractivity contribution in [3.8, 4) is 0 Å². The fourth-order valence-corrected chi connectivity index (χ4v) is 1.25. The summed E-state index contributed by atoms with van der Waals surface area (Å²) in [4.78, 5) is 17.4. The fourth-order valence-electron chi connectivity index (χ4n) is 1.25. The normalized spacial score (nSPS) is 12.2. The Kier molecular flexibility index (Phi) is 4.24. The van der Waals surface area contributed by atoms with Crippen molar-refractivity contribution in [3.05, 3.63) is 30.1 Å². The number of amides is 1. The first-order valence-electron chi connectivity index (χ1n) is 4.99. The van der Waals surface area contributed by atoms with Gasteiger partial charge in [-0.25, -0.2) is 0 Å². The van der Waals surface area contributed by atoms with Crippen LogP contribution in [0.15, 0.2) is 24.4 Å². The maximum atomic E-state index is 11.6. The largest absolute Gasteiger partial charge is 0.340 e. The van der Waals surface area contributed by atoms with Gasteiger partial charge in [0.05, 0.1) is 12.2 Å². The van der Waals surface area contributed by atoms with Crippen molar-refractivity contribution in [1.29, 1.82) is 0 Å². The van der Waals surface area contributed by atoms with Gasteiger partial charge in [0.2, 0.25) is 5.91 Å². The van der Waals surface area contributed by atoms with Gasteiger partial charge in [0.25, 0.3) is 0 Å². The summed E-state index contributed by atoms with van der Waals surface area (Å²) >= 11 is 0. The monoisotopic (exact) mass is 207 g/mol. The van der Waals surface area contributed by atoms with E-state index in [-0.39, 0.29) is 11.9 Å². The van der Waals surface area contributed by atoms with E-state index in [9.17, 15) is 4.79 Å². The zero-order valence-electron chi connectivity index (χ0n) is 9.18. The lowest BCUT2D eigenvalue weighted by atomic mass is 10.2. The Morgan fingerprint density at radius 3 is 2.87 bits per heavy atom. The third-order valence-corrected chi connectivity index (χ3v) is 2.05. The predicted octanol–water partition coefficient (Wildman–Crippen LogP) is 0.777. The molecule has 0 aromatic carbocycles. The van der Waals surface area contributed by atoms with E-state index in [0.717, 1.165) is 5.69 Å². The summed E-state index contributed by atoms with van der Waals surface area (Å²) in [6.07, 6.45) is 2.10. The Morgan fingerprint density at radius 2 is 2.33 bits per heavy atom. The smallest absolute Gasteiger partial charge is 0.224 e. The van der Waals surface area contributed by atoms with Gasteiger partial charge in [-0.3, -0.25) is 9.78 Å². The van der Waals surface area contributed by atoms with Gasteiger partial charge in [-0.15, -0.1) is 0 Å². The second kappa shape index (κ2) is 5.46. The zero-order valence-corrected chi connectivity index (χ0v) is 9.18. The van der Waals surface area contributed by atoms with E-state index in [4.69, 9.17) is 5.73 Å². The van der Waals surface area contributed by atoms with Crippen molar-refractivity contribution in [2.45, 2.75) is 25.9 Å². The first-order chi connectivity index (χ1) is 7.09. The molecule has 0 aliphatic heterocycles. The molecular weight excluding hydrogens is 190 g/mol. The maximum absolute atomic E-state index is 11.6. The molecule has 1 unspecified atom stereocenters. The molecule has 1 aromatic heterocycles. The van der Waals surface area contributed by atoms with E-state index < -0.39 is 0 Å². The number of rotatable bonds is 4. The molecule has 0 radical (unpaired) electrons. The van der Waals surface area contributed by atoms with E-state index >= 15 is 0 Å². The minimum absolute atomic E-state index is 0.0515. The van der Waals surface area contributed by atoms with Gasteiger partial charge < -0.3 is 10.6 Å². The van der Waals surface area contributed by atoms with Crippen LogP contribution in [0.2, 0.25) is 0 Å². The molecule has 0 aliphatic rings. The molecule has 1 aromatic rings. The zero-order chi connectivity index (χ0) is 11.3. The van der Waals surface area contributed by atoms with Crippen LogP contribution in [-0.4, -0.2) is 28.9 Å². The second-order valence-corrected chi connectivity index (χ2v) is 3.75. The molecule has 0 fully saturated rings. The number of nitrogens with two attached hydrogens (primary N) is 1. The Hall–Kier alpha value is -1.42. The fraction of sp³-hybridized carbons (Fsp3) is 0.455. The number of aromatic nitrogens is 1. The van der Waals surface area contributed by atoms with Crippen LogP contribution in [0, 0.1) is 0 Å². The average Bonchev–Trinajstić information content (AvgIpc) is 2.18. The molecule has 0 bridgehead atoms.